The summed E-state index contributed by atoms with van der Waals surface area (Å²) in [6, 6.07) is 13.6. The van der Waals surface area contributed by atoms with Crippen LogP contribution in [0, 0.1) is 0 Å². The first-order valence-electron chi connectivity index (χ1n) is 7.93. The molecule has 2 aromatic carbocycles. The van der Waals surface area contributed by atoms with Crippen LogP contribution in [-0.4, -0.2) is 30.3 Å². The molecule has 1 N–H and O–H groups in total. The monoisotopic (exact) mass is 344 g/mol. The van der Waals surface area contributed by atoms with Gasteiger partial charge in [0.15, 0.2) is 0 Å². The van der Waals surface area contributed by atoms with Crippen LogP contribution in [0.15, 0.2) is 48.5 Å². The number of anilines is 1. The van der Waals surface area contributed by atoms with E-state index in [9.17, 15) is 9.59 Å². The lowest BCUT2D eigenvalue weighted by atomic mass is 10.1. The Balaban J connectivity index is 2.01. The van der Waals surface area contributed by atoms with Gasteiger partial charge in [0.2, 0.25) is 0 Å². The fourth-order valence-corrected chi connectivity index (χ4v) is 2.34. The maximum absolute atomic E-state index is 12.3. The largest absolute Gasteiger partial charge is 0.342 e. The summed E-state index contributed by atoms with van der Waals surface area (Å²) in [5.41, 5.74) is 1.75. The lowest BCUT2D eigenvalue weighted by Crippen LogP contribution is -2.27. The van der Waals surface area contributed by atoms with Gasteiger partial charge in [-0.2, -0.15) is 0 Å². The Kier molecular flexibility index (Phi) is 6.38. The van der Waals surface area contributed by atoms with Crippen LogP contribution in [0.3, 0.4) is 0 Å². The van der Waals surface area contributed by atoms with Crippen LogP contribution < -0.4 is 5.32 Å². The van der Waals surface area contributed by atoms with Gasteiger partial charge in [-0.3, -0.25) is 9.59 Å². The van der Waals surface area contributed by atoms with Crippen molar-refractivity contribution in [2.45, 2.75) is 19.8 Å². The molecule has 0 bridgehead atoms. The number of carbonyl (C=O) groups is 2. The SMILES string of the molecule is CCCCN(C)C(=O)c1ccc(C(=O)Nc2ccc(Cl)cc2)cc1. The van der Waals surface area contributed by atoms with E-state index in [1.807, 2.05) is 0 Å². The number of carbonyl (C=O) groups excluding carboxylic acids is 2. The Morgan fingerprint density at radius 2 is 1.58 bits per heavy atom. The van der Waals surface area contributed by atoms with Gasteiger partial charge in [0.05, 0.1) is 0 Å². The predicted molar refractivity (Wildman–Crippen MR) is 97.7 cm³/mol. The highest BCUT2D eigenvalue weighted by molar-refractivity contribution is 6.30. The molecule has 0 heterocycles. The van der Waals surface area contributed by atoms with E-state index in [1.165, 1.54) is 0 Å². The number of hydrogen-bond acceptors (Lipinski definition) is 2. The van der Waals surface area contributed by atoms with Crippen LogP contribution in [0.4, 0.5) is 5.69 Å². The molecule has 2 aromatic rings. The van der Waals surface area contributed by atoms with Crippen molar-refractivity contribution in [3.05, 3.63) is 64.7 Å². The first kappa shape index (κ1) is 18.0. The van der Waals surface area contributed by atoms with E-state index in [0.717, 1.165) is 19.4 Å². The molecule has 4 nitrogen and oxygen atoms in total. The molecule has 0 aliphatic heterocycles. The summed E-state index contributed by atoms with van der Waals surface area (Å²) in [5.74, 6) is -0.260. The second-order valence-corrected chi connectivity index (χ2v) is 6.06. The minimum absolute atomic E-state index is 0.0342. The van der Waals surface area contributed by atoms with Gasteiger partial charge in [-0.1, -0.05) is 24.9 Å². The van der Waals surface area contributed by atoms with Crippen molar-refractivity contribution < 1.29 is 9.59 Å². The summed E-state index contributed by atoms with van der Waals surface area (Å²) in [6.07, 6.45) is 2.02. The molecule has 0 saturated carbocycles. The van der Waals surface area contributed by atoms with Gasteiger partial charge < -0.3 is 10.2 Å². The third-order valence-corrected chi connectivity index (χ3v) is 3.94. The molecule has 0 aliphatic carbocycles. The molecule has 24 heavy (non-hydrogen) atoms. The van der Waals surface area contributed by atoms with Crippen molar-refractivity contribution >= 4 is 29.1 Å². The van der Waals surface area contributed by atoms with E-state index in [2.05, 4.69) is 12.2 Å². The molecule has 0 unspecified atom stereocenters. The zero-order chi connectivity index (χ0) is 17.5. The smallest absolute Gasteiger partial charge is 0.255 e. The molecular formula is C19H21ClN2O2. The van der Waals surface area contributed by atoms with Gasteiger partial charge in [-0.05, 0) is 55.0 Å². The molecule has 5 heteroatoms. The summed E-state index contributed by atoms with van der Waals surface area (Å²) in [4.78, 5) is 26.2. The Labute approximate surface area is 147 Å². The summed E-state index contributed by atoms with van der Waals surface area (Å²) in [7, 11) is 1.79. The Bertz CT molecular complexity index is 696. The van der Waals surface area contributed by atoms with Gasteiger partial charge >= 0.3 is 0 Å². The maximum atomic E-state index is 12.3. The minimum atomic E-state index is -0.226. The van der Waals surface area contributed by atoms with Crippen molar-refractivity contribution in [1.29, 1.82) is 0 Å². The third-order valence-electron chi connectivity index (χ3n) is 3.69. The lowest BCUT2D eigenvalue weighted by molar-refractivity contribution is 0.0792. The molecule has 0 spiro atoms. The Morgan fingerprint density at radius 3 is 2.17 bits per heavy atom. The summed E-state index contributed by atoms with van der Waals surface area (Å²) in [6.45, 7) is 2.82. The normalized spacial score (nSPS) is 10.3. The molecule has 0 fully saturated rings. The minimum Gasteiger partial charge on any atom is -0.342 e. The maximum Gasteiger partial charge on any atom is 0.255 e. The number of unbranched alkanes of at least 4 members (excludes halogenated alkanes) is 1. The molecule has 126 valence electrons. The second-order valence-electron chi connectivity index (χ2n) is 5.62. The zero-order valence-electron chi connectivity index (χ0n) is 13.9. The Hall–Kier alpha value is -2.33. The highest BCUT2D eigenvalue weighted by Crippen LogP contribution is 2.15. The van der Waals surface area contributed by atoms with Crippen LogP contribution in [0.5, 0.6) is 0 Å². The summed E-state index contributed by atoms with van der Waals surface area (Å²) < 4.78 is 0. The standard InChI is InChI=1S/C19H21ClN2O2/c1-3-4-13-22(2)19(24)15-7-5-14(6-8-15)18(23)21-17-11-9-16(20)10-12-17/h5-12H,3-4,13H2,1-2H3,(H,21,23). The number of rotatable bonds is 6. The topological polar surface area (TPSA) is 49.4 Å². The van der Waals surface area contributed by atoms with E-state index in [-0.39, 0.29) is 11.8 Å². The van der Waals surface area contributed by atoms with E-state index in [0.29, 0.717) is 21.8 Å². The quantitative estimate of drug-likeness (QED) is 0.840. The second kappa shape index (κ2) is 8.50. The molecule has 2 amide bonds. The average molecular weight is 345 g/mol. The van der Waals surface area contributed by atoms with Crippen molar-refractivity contribution in [3.63, 3.8) is 0 Å². The van der Waals surface area contributed by atoms with E-state index in [1.54, 1.807) is 60.5 Å². The van der Waals surface area contributed by atoms with E-state index >= 15 is 0 Å². The van der Waals surface area contributed by atoms with Crippen molar-refractivity contribution in [3.8, 4) is 0 Å². The van der Waals surface area contributed by atoms with E-state index in [4.69, 9.17) is 11.6 Å². The molecular weight excluding hydrogens is 324 g/mol. The van der Waals surface area contributed by atoms with E-state index < -0.39 is 0 Å². The van der Waals surface area contributed by atoms with Crippen molar-refractivity contribution in [1.82, 2.24) is 4.90 Å². The highest BCUT2D eigenvalue weighted by atomic mass is 35.5. The van der Waals surface area contributed by atoms with Gasteiger partial charge in [0.1, 0.15) is 0 Å². The molecule has 2 rings (SSSR count). The fourth-order valence-electron chi connectivity index (χ4n) is 2.22. The van der Waals surface area contributed by atoms with Crippen LogP contribution in [0.2, 0.25) is 5.02 Å². The first-order chi connectivity index (χ1) is 11.5. The molecule has 0 aromatic heterocycles. The van der Waals surface area contributed by atoms with Gasteiger partial charge in [-0.15, -0.1) is 0 Å². The highest BCUT2D eigenvalue weighted by Gasteiger charge is 2.12. The number of nitrogens with one attached hydrogen (secondary N) is 1. The molecule has 0 saturated heterocycles. The van der Waals surface area contributed by atoms with Gasteiger partial charge in [-0.25, -0.2) is 0 Å². The molecule has 0 atom stereocenters. The van der Waals surface area contributed by atoms with Crippen molar-refractivity contribution in [2.75, 3.05) is 18.9 Å². The van der Waals surface area contributed by atoms with Crippen molar-refractivity contribution in [2.24, 2.45) is 0 Å². The fraction of sp³-hybridized carbons (Fsp3) is 0.263. The molecule has 0 radical (unpaired) electrons. The summed E-state index contributed by atoms with van der Waals surface area (Å²) >= 11 is 5.82. The van der Waals surface area contributed by atoms with Crippen LogP contribution in [0.1, 0.15) is 40.5 Å². The number of halogens is 1. The number of benzene rings is 2. The van der Waals surface area contributed by atoms with Gasteiger partial charge in [0, 0.05) is 35.4 Å². The Morgan fingerprint density at radius 1 is 1.00 bits per heavy atom. The van der Waals surface area contributed by atoms with Gasteiger partial charge in [0.25, 0.3) is 11.8 Å². The average Bonchev–Trinajstić information content (AvgIpc) is 2.61. The number of amides is 2. The van der Waals surface area contributed by atoms with Crippen LogP contribution >= 0.6 is 11.6 Å². The van der Waals surface area contributed by atoms with Crippen LogP contribution in [0.25, 0.3) is 0 Å². The molecule has 0 aliphatic rings. The third kappa shape index (κ3) is 4.83. The zero-order valence-corrected chi connectivity index (χ0v) is 14.6. The summed E-state index contributed by atoms with van der Waals surface area (Å²) in [5, 5.41) is 3.41. The first-order valence-corrected chi connectivity index (χ1v) is 8.31. The van der Waals surface area contributed by atoms with Crippen LogP contribution in [-0.2, 0) is 0 Å². The number of nitrogens with zero attached hydrogens (tertiary/aromatic N) is 1. The number of hydrogen-bond donors (Lipinski definition) is 1. The predicted octanol–water partition coefficient (Wildman–Crippen LogP) is 4.46. The lowest BCUT2D eigenvalue weighted by Gasteiger charge is -2.16.